The van der Waals surface area contributed by atoms with Crippen molar-refractivity contribution in [1.82, 2.24) is 0 Å². The molecular weight excluding hydrogens is 1710 g/mol. The maximum absolute atomic E-state index is 13.3. The molecule has 10 aromatic carbocycles. The van der Waals surface area contributed by atoms with Crippen LogP contribution in [0.1, 0.15) is 461 Å². The molecule has 0 bridgehead atoms. The monoisotopic (exact) mass is 1820 g/mol. The van der Waals surface area contributed by atoms with E-state index in [1.54, 1.807) is 91.0 Å². The molecule has 690 valence electrons. The molecule has 0 N–H and O–H groups in total. The molecule has 12 nitrogen and oxygen atoms in total. The molecule has 0 heterocycles. The van der Waals surface area contributed by atoms with Gasteiger partial charge in [-0.25, -0.2) is 0 Å². The Bertz CT molecular complexity index is 6210. The number of hydrogen-bond donors (Lipinski definition) is 0. The Kier molecular flexibility index (Phi) is 31.2. The lowest BCUT2D eigenvalue weighted by Gasteiger charge is -2.21. The highest BCUT2D eigenvalue weighted by Gasteiger charge is 2.29. The topological polar surface area (TPSA) is 205 Å². The smallest absolute Gasteiger partial charge is 0.151 e. The van der Waals surface area contributed by atoms with Crippen LogP contribution in [0.2, 0.25) is 0 Å². The molecule has 0 saturated carbocycles. The first-order chi connectivity index (χ1) is 64.5. The van der Waals surface area contributed by atoms with Gasteiger partial charge in [-0.15, -0.1) is 0 Å². The van der Waals surface area contributed by atoms with Crippen LogP contribution in [0.4, 0.5) is 0 Å². The van der Waals surface area contributed by atoms with E-state index in [1.165, 1.54) is 0 Å². The van der Waals surface area contributed by atoms with Crippen molar-refractivity contribution in [3.8, 4) is 107 Å². The Labute approximate surface area is 814 Å². The fraction of sp³-hybridized carbons (Fsp3) is 0.286. The number of aldehydes is 12. The molecule has 0 amide bonds. The van der Waals surface area contributed by atoms with Crippen molar-refractivity contribution < 1.29 is 57.5 Å². The van der Waals surface area contributed by atoms with Crippen molar-refractivity contribution in [2.75, 3.05) is 0 Å². The number of rotatable bonds is 12. The molecule has 0 aromatic heterocycles. The molecule has 10 rings (SSSR count). The summed E-state index contributed by atoms with van der Waals surface area (Å²) in [6.07, 6.45) is 7.90. The lowest BCUT2D eigenvalue weighted by molar-refractivity contribution is 0.110. The van der Waals surface area contributed by atoms with Gasteiger partial charge in [-0.05, 0) is 226 Å². The summed E-state index contributed by atoms with van der Waals surface area (Å²) in [7, 11) is 0. The second-order valence-corrected chi connectivity index (χ2v) is 43.7. The molecule has 0 spiro atoms. The SMILES string of the molecule is CC(C)(C)c1cc(C#Cc2c(C=O)cc(C(C)(C)C)cc2C=O)c(C#Cc2cc(C#Cc3c(C#Cc4c(C=O)cc(C(C)(C)C)cc4C=O)cc(C(C)(C)C)cc3C#Cc3c(C=O)cc(C(C)(C)C)cc3C=O)cc(C#Cc3c(C#Cc4c(C=O)cc(C(C)(C)C)cc4C=O)cc(C(C)(C)C)cc3C#Cc3c(C=O)cc(C(C)(C)C)cc3C=O)c2)c(C#Cc2c(C=O)cc(C(C)(C)C)cc2C=O)c1. The molecule has 0 radical (unpaired) electrons. The maximum Gasteiger partial charge on any atom is 0.151 e. The van der Waals surface area contributed by atoms with E-state index in [-0.39, 0.29) is 134 Å². The zero-order valence-electron chi connectivity index (χ0n) is 84.0. The van der Waals surface area contributed by atoms with Gasteiger partial charge in [0.25, 0.3) is 0 Å². The predicted molar refractivity (Wildman–Crippen MR) is 551 cm³/mol. The second kappa shape index (κ2) is 41.2. The van der Waals surface area contributed by atoms with Crippen LogP contribution in [0.3, 0.4) is 0 Å². The van der Waals surface area contributed by atoms with E-state index in [4.69, 9.17) is 0 Å². The third-order valence-electron chi connectivity index (χ3n) is 23.8. The minimum Gasteiger partial charge on any atom is -0.298 e. The van der Waals surface area contributed by atoms with Crippen LogP contribution < -0.4 is 0 Å². The van der Waals surface area contributed by atoms with Gasteiger partial charge in [0.2, 0.25) is 0 Å². The number of benzene rings is 10. The molecular formula is C126H114O12. The molecule has 10 aromatic rings. The van der Waals surface area contributed by atoms with Crippen molar-refractivity contribution in [2.24, 2.45) is 0 Å². The Balaban J connectivity index is 1.43. The van der Waals surface area contributed by atoms with Gasteiger partial charge in [-0.3, -0.25) is 57.5 Å². The first-order valence-electron chi connectivity index (χ1n) is 45.4. The average Bonchev–Trinajstić information content (AvgIpc) is 0.780. The lowest BCUT2D eigenvalue weighted by Crippen LogP contribution is -2.13. The van der Waals surface area contributed by atoms with Crippen molar-refractivity contribution in [3.63, 3.8) is 0 Å². The quantitative estimate of drug-likeness (QED) is 0.0827. The summed E-state index contributed by atoms with van der Waals surface area (Å²) in [5, 5.41) is 0. The van der Waals surface area contributed by atoms with Crippen molar-refractivity contribution >= 4 is 75.4 Å². The number of carbonyl (C=O) groups is 12. The van der Waals surface area contributed by atoms with Crippen molar-refractivity contribution in [3.05, 3.63) is 344 Å². The molecule has 0 aliphatic rings. The molecule has 138 heavy (non-hydrogen) atoms. The Morgan fingerprint density at radius 1 is 0.130 bits per heavy atom. The van der Waals surface area contributed by atoms with Gasteiger partial charge in [0.15, 0.2) is 75.4 Å². The van der Waals surface area contributed by atoms with Crippen LogP contribution >= 0.6 is 0 Å². The van der Waals surface area contributed by atoms with E-state index in [0.29, 0.717) is 109 Å². The van der Waals surface area contributed by atoms with E-state index >= 15 is 0 Å². The summed E-state index contributed by atoms with van der Waals surface area (Å²) in [6.45, 7) is 53.4. The minimum atomic E-state index is -0.619. The highest BCUT2D eigenvalue weighted by molar-refractivity contribution is 5.95. The first-order valence-corrected chi connectivity index (χ1v) is 45.4. The van der Waals surface area contributed by atoms with Gasteiger partial charge in [0, 0.05) is 150 Å². The van der Waals surface area contributed by atoms with E-state index in [2.05, 4.69) is 107 Å². The largest absolute Gasteiger partial charge is 0.298 e. The summed E-state index contributed by atoms with van der Waals surface area (Å²) in [4.78, 5) is 159. The Morgan fingerprint density at radius 3 is 0.333 bits per heavy atom. The number of hydrogen-bond acceptors (Lipinski definition) is 12. The van der Waals surface area contributed by atoms with Gasteiger partial charge in [-0.1, -0.05) is 294 Å². The van der Waals surface area contributed by atoms with Gasteiger partial charge < -0.3 is 0 Å². The number of carbonyl (C=O) groups excluding carboxylic acids is 12. The second-order valence-electron chi connectivity index (χ2n) is 43.7. The first kappa shape index (κ1) is 104. The highest BCUT2D eigenvalue weighted by atomic mass is 16.1. The molecule has 0 unspecified atom stereocenters. The van der Waals surface area contributed by atoms with Crippen LogP contribution in [-0.4, -0.2) is 75.4 Å². The fourth-order valence-corrected chi connectivity index (χ4v) is 15.0. The highest BCUT2D eigenvalue weighted by Crippen LogP contribution is 2.37. The minimum absolute atomic E-state index is 0.155. The van der Waals surface area contributed by atoms with Crippen molar-refractivity contribution in [2.45, 2.75) is 236 Å². The van der Waals surface area contributed by atoms with E-state index in [1.807, 2.05) is 223 Å². The van der Waals surface area contributed by atoms with Crippen LogP contribution in [-0.2, 0) is 48.7 Å². The third kappa shape index (κ3) is 24.7. The summed E-state index contributed by atoms with van der Waals surface area (Å²) < 4.78 is 0. The predicted octanol–water partition coefficient (Wildman–Crippen LogP) is 23.7. The molecule has 0 fully saturated rings. The van der Waals surface area contributed by atoms with Gasteiger partial charge in [0.1, 0.15) is 0 Å². The van der Waals surface area contributed by atoms with E-state index in [0.717, 1.165) is 50.1 Å². The summed E-state index contributed by atoms with van der Waals surface area (Å²) in [5.41, 5.74) is 8.03. The molecule has 0 aliphatic heterocycles. The summed E-state index contributed by atoms with van der Waals surface area (Å²) >= 11 is 0. The van der Waals surface area contributed by atoms with Crippen LogP contribution in [0, 0.1) is 107 Å². The van der Waals surface area contributed by atoms with Crippen molar-refractivity contribution in [1.29, 1.82) is 0 Å². The van der Waals surface area contributed by atoms with Gasteiger partial charge in [0.05, 0.1) is 16.7 Å². The zero-order chi connectivity index (χ0) is 102. The maximum atomic E-state index is 13.3. The molecule has 12 heteroatoms. The normalized spacial score (nSPS) is 11.4. The van der Waals surface area contributed by atoms with Gasteiger partial charge >= 0.3 is 0 Å². The summed E-state index contributed by atoms with van der Waals surface area (Å²) in [5.74, 6) is 59.9. The third-order valence-corrected chi connectivity index (χ3v) is 23.8. The zero-order valence-corrected chi connectivity index (χ0v) is 84.0. The standard InChI is InChI=1S/C126H114O12/c1-118(2,3)100-49-82(31-40-112-88(67-127)55-103(121(10,11)12)56-89(112)68-128)109(83(50-100)32-41-113-90(69-129)57-104(122(13,14)15)58-91(113)70-130)37-28-79-46-80(29-38-110-84(33-42-114-92(71-131)59-105(123(16,17)18)60-93(114)72-132)51-101(119(4,5)6)52-85(110)34-43-115-94(73-133)61-106(124(19,20)21)62-95(115)74-134)48-81(47-79)30-39-111-86(35-44-116-96(75-135)63-107(125(22,23)24)64-97(116)76-136)53-102(120(7,8)9)54-87(111)36-45-117-98(77-137)65-108(126(25,26)27)66-99(117)78-138/h46-78H,1-27H3. The average molecular weight is 1820 g/mol. The fourth-order valence-electron chi connectivity index (χ4n) is 15.0. The van der Waals surface area contributed by atoms with E-state index < -0.39 is 48.7 Å². The Morgan fingerprint density at radius 2 is 0.232 bits per heavy atom. The van der Waals surface area contributed by atoms with Crippen LogP contribution in [0.25, 0.3) is 0 Å². The lowest BCUT2D eigenvalue weighted by atomic mass is 9.82. The van der Waals surface area contributed by atoms with Crippen LogP contribution in [0.5, 0.6) is 0 Å². The molecule has 0 aliphatic carbocycles. The molecule has 0 saturated heterocycles. The summed E-state index contributed by atoms with van der Waals surface area (Å²) in [6, 6.07) is 36.8. The van der Waals surface area contributed by atoms with E-state index in [9.17, 15) is 57.5 Å². The van der Waals surface area contributed by atoms with Crippen LogP contribution in [0.15, 0.2) is 127 Å². The Hall–Kier alpha value is -15.7. The van der Waals surface area contributed by atoms with Gasteiger partial charge in [-0.2, -0.15) is 0 Å². The molecule has 0 atom stereocenters.